The van der Waals surface area contributed by atoms with Gasteiger partial charge in [-0.3, -0.25) is 0 Å². The fourth-order valence-corrected chi connectivity index (χ4v) is 2.85. The van der Waals surface area contributed by atoms with Crippen LogP contribution in [0.15, 0.2) is 18.5 Å². The predicted octanol–water partition coefficient (Wildman–Crippen LogP) is 3.23. The predicted molar refractivity (Wildman–Crippen MR) is 63.8 cm³/mol. The molecular weight excluding hydrogens is 208 g/mol. The Kier molecular flexibility index (Phi) is 2.63. The summed E-state index contributed by atoms with van der Waals surface area (Å²) in [4.78, 5) is 4.38. The highest BCUT2D eigenvalue weighted by Crippen LogP contribution is 2.40. The number of hydrogen-bond donors (Lipinski definition) is 0. The van der Waals surface area contributed by atoms with Crippen molar-refractivity contribution in [3.05, 3.63) is 24.3 Å². The van der Waals surface area contributed by atoms with Crippen molar-refractivity contribution in [2.45, 2.75) is 32.1 Å². The number of halogens is 1. The number of hydrogen-bond acceptors (Lipinski definition) is 1. The van der Waals surface area contributed by atoms with E-state index in [2.05, 4.69) is 29.5 Å². The Morgan fingerprint density at radius 1 is 1.53 bits per heavy atom. The fourth-order valence-electron chi connectivity index (χ4n) is 2.28. The van der Waals surface area contributed by atoms with E-state index in [-0.39, 0.29) is 10.8 Å². The molecule has 0 N–H and O–H groups in total. The second-order valence-electron chi connectivity index (χ2n) is 5.11. The molecule has 1 heterocycles. The molecule has 0 amide bonds. The highest BCUT2D eigenvalue weighted by atomic mass is 35.5. The summed E-state index contributed by atoms with van der Waals surface area (Å²) in [6, 6.07) is 0. The van der Waals surface area contributed by atoms with E-state index in [0.717, 1.165) is 18.7 Å². The Morgan fingerprint density at radius 2 is 2.27 bits per heavy atom. The minimum absolute atomic E-state index is 0.139. The normalized spacial score (nSPS) is 25.1. The minimum Gasteiger partial charge on any atom is -0.334 e. The van der Waals surface area contributed by atoms with Gasteiger partial charge in [0.15, 0.2) is 0 Å². The van der Waals surface area contributed by atoms with E-state index in [9.17, 15) is 0 Å². The molecule has 0 aliphatic heterocycles. The highest BCUT2D eigenvalue weighted by Gasteiger charge is 2.29. The maximum Gasteiger partial charge on any atom is 0.135 e. The third-order valence-corrected chi connectivity index (χ3v) is 3.19. The number of alkyl halides is 1. The molecule has 0 radical (unpaired) electrons. The van der Waals surface area contributed by atoms with Gasteiger partial charge < -0.3 is 4.57 Å². The molecule has 1 aromatic heterocycles. The zero-order valence-corrected chi connectivity index (χ0v) is 10.3. The molecule has 15 heavy (non-hydrogen) atoms. The van der Waals surface area contributed by atoms with Crippen molar-refractivity contribution in [3.8, 4) is 0 Å². The number of rotatable bonds is 1. The first-order chi connectivity index (χ1) is 6.98. The van der Waals surface area contributed by atoms with Gasteiger partial charge in [-0.25, -0.2) is 4.98 Å². The van der Waals surface area contributed by atoms with E-state index in [4.69, 9.17) is 11.6 Å². The monoisotopic (exact) mass is 224 g/mol. The molecule has 0 aromatic carbocycles. The molecule has 0 bridgehead atoms. The van der Waals surface area contributed by atoms with Crippen LogP contribution < -0.4 is 0 Å². The maximum absolute atomic E-state index is 6.25. The summed E-state index contributed by atoms with van der Waals surface area (Å²) < 4.78 is 2.05. The van der Waals surface area contributed by atoms with Crippen LogP contribution in [0.5, 0.6) is 0 Å². The Bertz CT molecular complexity index is 390. The average molecular weight is 225 g/mol. The molecule has 1 aliphatic rings. The van der Waals surface area contributed by atoms with Crippen molar-refractivity contribution >= 4 is 17.2 Å². The van der Waals surface area contributed by atoms with Gasteiger partial charge >= 0.3 is 0 Å². The van der Waals surface area contributed by atoms with Crippen LogP contribution in [0.1, 0.15) is 32.5 Å². The van der Waals surface area contributed by atoms with E-state index in [1.54, 1.807) is 0 Å². The summed E-state index contributed by atoms with van der Waals surface area (Å²) >= 11 is 6.25. The van der Waals surface area contributed by atoms with E-state index in [0.29, 0.717) is 0 Å². The number of nitrogens with zero attached hydrogens (tertiary/aromatic N) is 2. The van der Waals surface area contributed by atoms with Gasteiger partial charge in [0, 0.05) is 19.4 Å². The standard InChI is InChI=1S/C12H17ClN2/c1-12(2)7-9(6-10(13)8-12)11-14-4-5-15(11)3/h4-6,10H,7-8H2,1-3H3. The lowest BCUT2D eigenvalue weighted by Crippen LogP contribution is -2.22. The van der Waals surface area contributed by atoms with Gasteiger partial charge in [-0.05, 0) is 23.8 Å². The number of aryl methyl sites for hydroxylation is 1. The van der Waals surface area contributed by atoms with Gasteiger partial charge in [0.25, 0.3) is 0 Å². The van der Waals surface area contributed by atoms with Crippen LogP contribution in [0.3, 0.4) is 0 Å². The van der Waals surface area contributed by atoms with Crippen LogP contribution in [-0.2, 0) is 7.05 Å². The van der Waals surface area contributed by atoms with E-state index >= 15 is 0 Å². The molecule has 0 saturated carbocycles. The second-order valence-corrected chi connectivity index (χ2v) is 5.68. The SMILES string of the molecule is Cn1ccnc1C1=CC(Cl)CC(C)(C)C1. The number of imidazole rings is 1. The van der Waals surface area contributed by atoms with Gasteiger partial charge in [0.1, 0.15) is 5.82 Å². The Labute approximate surface area is 96.0 Å². The lowest BCUT2D eigenvalue weighted by atomic mass is 9.77. The summed E-state index contributed by atoms with van der Waals surface area (Å²) in [5, 5.41) is 0.139. The second kappa shape index (κ2) is 3.67. The zero-order chi connectivity index (χ0) is 11.1. The first kappa shape index (κ1) is 10.7. The summed E-state index contributed by atoms with van der Waals surface area (Å²) in [5.41, 5.74) is 1.56. The van der Waals surface area contributed by atoms with Crippen molar-refractivity contribution in [2.75, 3.05) is 0 Å². The molecule has 2 nitrogen and oxygen atoms in total. The van der Waals surface area contributed by atoms with Crippen molar-refractivity contribution < 1.29 is 0 Å². The van der Waals surface area contributed by atoms with Gasteiger partial charge in [-0.1, -0.05) is 19.9 Å². The van der Waals surface area contributed by atoms with E-state index in [1.165, 1.54) is 5.57 Å². The largest absolute Gasteiger partial charge is 0.334 e. The average Bonchev–Trinajstić information content (AvgIpc) is 2.47. The fraction of sp³-hybridized carbons (Fsp3) is 0.583. The van der Waals surface area contributed by atoms with E-state index in [1.807, 2.05) is 19.4 Å². The van der Waals surface area contributed by atoms with Crippen LogP contribution in [0, 0.1) is 5.41 Å². The number of allylic oxidation sites excluding steroid dienone is 2. The molecule has 0 saturated heterocycles. The Hall–Kier alpha value is -0.760. The lowest BCUT2D eigenvalue weighted by molar-refractivity contribution is 0.339. The van der Waals surface area contributed by atoms with Gasteiger partial charge in [0.05, 0.1) is 5.38 Å². The molecule has 0 fully saturated rings. The van der Waals surface area contributed by atoms with Crippen LogP contribution >= 0.6 is 11.6 Å². The van der Waals surface area contributed by atoms with Crippen LogP contribution in [0.2, 0.25) is 0 Å². The number of aromatic nitrogens is 2. The first-order valence-electron chi connectivity index (χ1n) is 5.30. The summed E-state index contributed by atoms with van der Waals surface area (Å²) in [6.45, 7) is 4.52. The Balaban J connectivity index is 2.34. The van der Waals surface area contributed by atoms with Gasteiger partial charge in [-0.15, -0.1) is 11.6 Å². The maximum atomic E-state index is 6.25. The first-order valence-corrected chi connectivity index (χ1v) is 5.74. The van der Waals surface area contributed by atoms with E-state index < -0.39 is 0 Å². The minimum atomic E-state index is 0.139. The lowest BCUT2D eigenvalue weighted by Gasteiger charge is -2.32. The summed E-state index contributed by atoms with van der Waals surface area (Å²) in [7, 11) is 2.02. The molecule has 1 unspecified atom stereocenters. The summed E-state index contributed by atoms with van der Waals surface area (Å²) in [5.74, 6) is 1.05. The van der Waals surface area contributed by atoms with Gasteiger partial charge in [-0.2, -0.15) is 0 Å². The molecule has 1 aliphatic carbocycles. The topological polar surface area (TPSA) is 17.8 Å². The van der Waals surface area contributed by atoms with Crippen molar-refractivity contribution in [1.29, 1.82) is 0 Å². The molecule has 82 valence electrons. The van der Waals surface area contributed by atoms with Crippen molar-refractivity contribution in [3.63, 3.8) is 0 Å². The van der Waals surface area contributed by atoms with Crippen LogP contribution in [-0.4, -0.2) is 14.9 Å². The smallest absolute Gasteiger partial charge is 0.135 e. The highest BCUT2D eigenvalue weighted by molar-refractivity contribution is 6.22. The molecule has 3 heteroatoms. The molecule has 1 atom stereocenters. The summed E-state index contributed by atoms with van der Waals surface area (Å²) in [6.07, 6.45) is 8.06. The third kappa shape index (κ3) is 2.25. The van der Waals surface area contributed by atoms with Crippen LogP contribution in [0.25, 0.3) is 5.57 Å². The Morgan fingerprint density at radius 3 is 2.80 bits per heavy atom. The molecule has 1 aromatic rings. The quantitative estimate of drug-likeness (QED) is 0.670. The third-order valence-electron chi connectivity index (χ3n) is 2.91. The zero-order valence-electron chi connectivity index (χ0n) is 9.50. The molecule has 0 spiro atoms. The van der Waals surface area contributed by atoms with Crippen molar-refractivity contribution in [1.82, 2.24) is 9.55 Å². The van der Waals surface area contributed by atoms with Crippen molar-refractivity contribution in [2.24, 2.45) is 12.5 Å². The molecular formula is C12H17ClN2. The molecule has 2 rings (SSSR count). The van der Waals surface area contributed by atoms with Gasteiger partial charge in [0.2, 0.25) is 0 Å². The van der Waals surface area contributed by atoms with Crippen LogP contribution in [0.4, 0.5) is 0 Å².